The summed E-state index contributed by atoms with van der Waals surface area (Å²) < 4.78 is 13.3. The van der Waals surface area contributed by atoms with E-state index < -0.39 is 0 Å². The van der Waals surface area contributed by atoms with Gasteiger partial charge in [-0.2, -0.15) is 0 Å². The number of pyridine rings is 1. The van der Waals surface area contributed by atoms with Gasteiger partial charge in [0.25, 0.3) is 0 Å². The van der Waals surface area contributed by atoms with E-state index in [2.05, 4.69) is 16.8 Å². The molecule has 0 amide bonds. The summed E-state index contributed by atoms with van der Waals surface area (Å²) in [5.41, 5.74) is 7.92. The quantitative estimate of drug-likeness (QED) is 0.888. The molecule has 2 aromatic rings. The van der Waals surface area contributed by atoms with Crippen LogP contribution in [0, 0.1) is 5.82 Å². The Morgan fingerprint density at radius 1 is 1.19 bits per heavy atom. The summed E-state index contributed by atoms with van der Waals surface area (Å²) >= 11 is 0. The molecule has 1 unspecified atom stereocenters. The molecule has 21 heavy (non-hydrogen) atoms. The molecule has 1 aromatic carbocycles. The van der Waals surface area contributed by atoms with Gasteiger partial charge < -0.3 is 5.73 Å². The number of hydrogen-bond donors (Lipinski definition) is 1. The van der Waals surface area contributed by atoms with E-state index in [4.69, 9.17) is 5.73 Å². The summed E-state index contributed by atoms with van der Waals surface area (Å²) in [6.45, 7) is 3.40. The van der Waals surface area contributed by atoms with Crippen molar-refractivity contribution in [2.45, 2.75) is 25.4 Å². The maximum Gasteiger partial charge on any atom is 0.123 e. The molecule has 112 valence electrons. The zero-order valence-electron chi connectivity index (χ0n) is 12.6. The van der Waals surface area contributed by atoms with Gasteiger partial charge in [-0.05, 0) is 55.8 Å². The van der Waals surface area contributed by atoms with Crippen molar-refractivity contribution in [3.63, 3.8) is 0 Å². The maximum absolute atomic E-state index is 13.3. The Hall–Kier alpha value is -1.78. The highest BCUT2D eigenvalue weighted by Gasteiger charge is 2.28. The number of likely N-dealkylation sites (N-methyl/N-ethyl adjacent to an activating group) is 1. The predicted octanol–water partition coefficient (Wildman–Crippen LogP) is 2.61. The number of aromatic nitrogens is 1. The van der Waals surface area contributed by atoms with Crippen molar-refractivity contribution in [2.75, 3.05) is 13.6 Å². The van der Waals surface area contributed by atoms with Gasteiger partial charge in [-0.25, -0.2) is 4.39 Å². The maximum atomic E-state index is 13.3. The Kier molecular flexibility index (Phi) is 5.04. The molecule has 0 saturated carbocycles. The molecular formula is C17H22FN3. The van der Waals surface area contributed by atoms with E-state index >= 15 is 0 Å². The first-order chi connectivity index (χ1) is 10.0. The number of halogens is 1. The minimum Gasteiger partial charge on any atom is -0.329 e. The fraction of sp³-hybridized carbons (Fsp3) is 0.353. The Balaban J connectivity index is 2.12. The zero-order chi connectivity index (χ0) is 15.3. The predicted molar refractivity (Wildman–Crippen MR) is 83.3 cm³/mol. The molecule has 0 aliphatic rings. The lowest BCUT2D eigenvalue weighted by molar-refractivity contribution is 0.136. The third-order valence-electron chi connectivity index (χ3n) is 4.00. The summed E-state index contributed by atoms with van der Waals surface area (Å²) in [4.78, 5) is 6.24. The summed E-state index contributed by atoms with van der Waals surface area (Å²) in [7, 11) is 2.05. The van der Waals surface area contributed by atoms with Crippen LogP contribution in [0.4, 0.5) is 4.39 Å². The van der Waals surface area contributed by atoms with Crippen LogP contribution in [-0.4, -0.2) is 29.0 Å². The fourth-order valence-corrected chi connectivity index (χ4v) is 2.40. The molecule has 0 aliphatic carbocycles. The minimum atomic E-state index is -0.225. The van der Waals surface area contributed by atoms with E-state index in [1.807, 2.05) is 25.2 Å². The van der Waals surface area contributed by atoms with Crippen molar-refractivity contribution in [1.29, 1.82) is 0 Å². The van der Waals surface area contributed by atoms with E-state index in [0.717, 1.165) is 12.1 Å². The molecule has 0 radical (unpaired) electrons. The Bertz CT molecular complexity index is 573. The van der Waals surface area contributed by atoms with Crippen LogP contribution in [0.25, 0.3) is 0 Å². The largest absolute Gasteiger partial charge is 0.329 e. The van der Waals surface area contributed by atoms with Crippen molar-refractivity contribution in [3.8, 4) is 0 Å². The highest BCUT2D eigenvalue weighted by Crippen LogP contribution is 2.21. The molecule has 3 nitrogen and oxygen atoms in total. The van der Waals surface area contributed by atoms with Crippen molar-refractivity contribution >= 4 is 0 Å². The molecule has 0 bridgehead atoms. The van der Waals surface area contributed by atoms with Gasteiger partial charge in [0.15, 0.2) is 0 Å². The SMILES string of the molecule is CN(Cc1ccncc1)C(C)(CN)Cc1cccc(F)c1. The van der Waals surface area contributed by atoms with Gasteiger partial charge in [-0.3, -0.25) is 9.88 Å². The summed E-state index contributed by atoms with van der Waals surface area (Å²) in [6, 6.07) is 10.7. The normalized spacial score (nSPS) is 14.1. The average molecular weight is 287 g/mol. The van der Waals surface area contributed by atoms with Gasteiger partial charge in [0, 0.05) is 31.0 Å². The van der Waals surface area contributed by atoms with Crippen LogP contribution < -0.4 is 5.73 Å². The molecule has 2 N–H and O–H groups in total. The van der Waals surface area contributed by atoms with Crippen LogP contribution in [0.1, 0.15) is 18.1 Å². The highest BCUT2D eigenvalue weighted by atomic mass is 19.1. The van der Waals surface area contributed by atoms with Crippen molar-refractivity contribution in [3.05, 3.63) is 65.7 Å². The number of rotatable bonds is 6. The smallest absolute Gasteiger partial charge is 0.123 e. The van der Waals surface area contributed by atoms with Crippen LogP contribution in [0.3, 0.4) is 0 Å². The van der Waals surface area contributed by atoms with Gasteiger partial charge >= 0.3 is 0 Å². The molecule has 1 heterocycles. The molecular weight excluding hydrogens is 265 g/mol. The van der Waals surface area contributed by atoms with Crippen LogP contribution in [0.15, 0.2) is 48.8 Å². The van der Waals surface area contributed by atoms with Crippen molar-refractivity contribution in [2.24, 2.45) is 5.73 Å². The number of nitrogens with two attached hydrogens (primary N) is 1. The first kappa shape index (κ1) is 15.6. The topological polar surface area (TPSA) is 42.2 Å². The van der Waals surface area contributed by atoms with Gasteiger partial charge in [0.1, 0.15) is 5.82 Å². The molecule has 1 atom stereocenters. The summed E-state index contributed by atoms with van der Waals surface area (Å²) in [6.07, 6.45) is 4.29. The zero-order valence-corrected chi connectivity index (χ0v) is 12.6. The molecule has 4 heteroatoms. The van der Waals surface area contributed by atoms with Crippen LogP contribution in [-0.2, 0) is 13.0 Å². The highest BCUT2D eigenvalue weighted by molar-refractivity contribution is 5.19. The monoisotopic (exact) mass is 287 g/mol. The van der Waals surface area contributed by atoms with Crippen molar-refractivity contribution in [1.82, 2.24) is 9.88 Å². The van der Waals surface area contributed by atoms with Crippen LogP contribution in [0.5, 0.6) is 0 Å². The number of hydrogen-bond acceptors (Lipinski definition) is 3. The van der Waals surface area contributed by atoms with Gasteiger partial charge in [0.2, 0.25) is 0 Å². The number of benzene rings is 1. The van der Waals surface area contributed by atoms with E-state index in [1.54, 1.807) is 24.5 Å². The van der Waals surface area contributed by atoms with Gasteiger partial charge in [0.05, 0.1) is 0 Å². The standard InChI is InChI=1S/C17H22FN3/c1-17(13-19,11-15-4-3-5-16(18)10-15)21(2)12-14-6-8-20-9-7-14/h3-10H,11-13,19H2,1-2H3. The van der Waals surface area contributed by atoms with Gasteiger partial charge in [-0.1, -0.05) is 12.1 Å². The molecule has 1 aromatic heterocycles. The number of nitrogens with zero attached hydrogens (tertiary/aromatic N) is 2. The molecule has 0 fully saturated rings. The fourth-order valence-electron chi connectivity index (χ4n) is 2.40. The van der Waals surface area contributed by atoms with Gasteiger partial charge in [-0.15, -0.1) is 0 Å². The molecule has 0 saturated heterocycles. The second-order valence-corrected chi connectivity index (χ2v) is 5.72. The lowest BCUT2D eigenvalue weighted by Crippen LogP contribution is -2.50. The van der Waals surface area contributed by atoms with E-state index in [9.17, 15) is 4.39 Å². The van der Waals surface area contributed by atoms with Crippen molar-refractivity contribution < 1.29 is 4.39 Å². The van der Waals surface area contributed by atoms with E-state index in [0.29, 0.717) is 13.0 Å². The third kappa shape index (κ3) is 4.09. The minimum absolute atomic E-state index is 0.205. The lowest BCUT2D eigenvalue weighted by atomic mass is 9.91. The molecule has 0 aliphatic heterocycles. The Morgan fingerprint density at radius 2 is 1.90 bits per heavy atom. The average Bonchev–Trinajstić information content (AvgIpc) is 2.48. The van der Waals surface area contributed by atoms with E-state index in [1.165, 1.54) is 11.6 Å². The van der Waals surface area contributed by atoms with E-state index in [-0.39, 0.29) is 11.4 Å². The lowest BCUT2D eigenvalue weighted by Gasteiger charge is -2.38. The molecule has 2 rings (SSSR count). The summed E-state index contributed by atoms with van der Waals surface area (Å²) in [5.74, 6) is -0.205. The van der Waals surface area contributed by atoms with Crippen LogP contribution >= 0.6 is 0 Å². The first-order valence-corrected chi connectivity index (χ1v) is 7.08. The molecule has 0 spiro atoms. The third-order valence-corrected chi connectivity index (χ3v) is 4.00. The second-order valence-electron chi connectivity index (χ2n) is 5.72. The Labute approximate surface area is 125 Å². The Morgan fingerprint density at radius 3 is 2.52 bits per heavy atom. The summed E-state index contributed by atoms with van der Waals surface area (Å²) in [5, 5.41) is 0. The first-order valence-electron chi connectivity index (χ1n) is 7.08. The second kappa shape index (κ2) is 6.78. The van der Waals surface area contributed by atoms with Crippen LogP contribution in [0.2, 0.25) is 0 Å².